The van der Waals surface area contributed by atoms with Gasteiger partial charge in [0.25, 0.3) is 0 Å². The molecule has 2 fully saturated rings. The van der Waals surface area contributed by atoms with Gasteiger partial charge in [0.05, 0.1) is 6.54 Å². The number of nitrogens with one attached hydrogen (secondary N) is 1. The molecule has 0 aromatic heterocycles. The average molecular weight is 270 g/mol. The zero-order chi connectivity index (χ0) is 13.3. The van der Waals surface area contributed by atoms with E-state index in [2.05, 4.69) is 5.32 Å². The van der Waals surface area contributed by atoms with E-state index in [1.54, 1.807) is 4.90 Å². The number of carbonyl (C=O) groups excluding carboxylic acids is 2. The Kier molecular flexibility index (Phi) is 3.90. The highest BCUT2D eigenvalue weighted by molar-refractivity contribution is 8.00. The van der Waals surface area contributed by atoms with Crippen LogP contribution >= 0.6 is 11.8 Å². The summed E-state index contributed by atoms with van der Waals surface area (Å²) in [5.74, 6) is 1.23. The van der Waals surface area contributed by atoms with E-state index in [1.807, 2.05) is 32.5 Å². The van der Waals surface area contributed by atoms with Crippen molar-refractivity contribution in [1.29, 1.82) is 0 Å². The fraction of sp³-hybridized carbons (Fsp3) is 0.846. The molecule has 0 bridgehead atoms. The third-order valence-electron chi connectivity index (χ3n) is 3.51. The van der Waals surface area contributed by atoms with E-state index in [9.17, 15) is 9.59 Å². The Labute approximate surface area is 113 Å². The number of rotatable bonds is 2. The first-order valence-electron chi connectivity index (χ1n) is 6.57. The highest BCUT2D eigenvalue weighted by Gasteiger charge is 2.40. The maximum Gasteiger partial charge on any atom is 0.246 e. The zero-order valence-electron chi connectivity index (χ0n) is 11.4. The Morgan fingerprint density at radius 3 is 2.67 bits per heavy atom. The summed E-state index contributed by atoms with van der Waals surface area (Å²) in [5.41, 5.74) is -0.228. The quantitative estimate of drug-likeness (QED) is 0.822. The lowest BCUT2D eigenvalue weighted by Crippen LogP contribution is -2.62. The molecule has 2 aliphatic heterocycles. The van der Waals surface area contributed by atoms with E-state index in [0.29, 0.717) is 5.25 Å². The van der Waals surface area contributed by atoms with Gasteiger partial charge in [-0.2, -0.15) is 11.8 Å². The van der Waals surface area contributed by atoms with Gasteiger partial charge >= 0.3 is 0 Å². The standard InChI is InChI=1S/C13H22N2O2S/c1-13(2,3)11-12(17)15(8-10(16)14-11)7-9-5-4-6-18-9/h9,11H,4-8H2,1-3H3,(H,14,16). The van der Waals surface area contributed by atoms with E-state index in [-0.39, 0.29) is 29.8 Å². The van der Waals surface area contributed by atoms with E-state index in [0.717, 1.165) is 13.0 Å². The van der Waals surface area contributed by atoms with E-state index in [1.165, 1.54) is 12.2 Å². The van der Waals surface area contributed by atoms with Crippen LogP contribution in [-0.4, -0.2) is 46.8 Å². The maximum absolute atomic E-state index is 12.4. The average Bonchev–Trinajstić information content (AvgIpc) is 2.74. The minimum absolute atomic E-state index is 0.0301. The molecule has 0 saturated carbocycles. The Bertz CT molecular complexity index is 345. The fourth-order valence-electron chi connectivity index (χ4n) is 2.48. The van der Waals surface area contributed by atoms with Gasteiger partial charge in [0.15, 0.2) is 0 Å². The van der Waals surface area contributed by atoms with Gasteiger partial charge in [-0.1, -0.05) is 20.8 Å². The maximum atomic E-state index is 12.4. The number of carbonyl (C=O) groups is 2. The molecular formula is C13H22N2O2S. The van der Waals surface area contributed by atoms with E-state index in [4.69, 9.17) is 0 Å². The minimum Gasteiger partial charge on any atom is -0.342 e. The summed E-state index contributed by atoms with van der Waals surface area (Å²) >= 11 is 1.92. The topological polar surface area (TPSA) is 49.4 Å². The second-order valence-corrected chi connectivity index (χ2v) is 7.63. The Balaban J connectivity index is 2.05. The molecular weight excluding hydrogens is 248 g/mol. The number of hydrogen-bond acceptors (Lipinski definition) is 3. The molecule has 4 nitrogen and oxygen atoms in total. The lowest BCUT2D eigenvalue weighted by molar-refractivity contribution is -0.147. The highest BCUT2D eigenvalue weighted by Crippen LogP contribution is 2.29. The Morgan fingerprint density at radius 2 is 2.11 bits per heavy atom. The van der Waals surface area contributed by atoms with Crippen LogP contribution in [0, 0.1) is 5.41 Å². The fourth-order valence-corrected chi connectivity index (χ4v) is 3.76. The van der Waals surface area contributed by atoms with Crippen LogP contribution in [0.1, 0.15) is 33.6 Å². The van der Waals surface area contributed by atoms with Crippen molar-refractivity contribution in [3.63, 3.8) is 0 Å². The van der Waals surface area contributed by atoms with Crippen molar-refractivity contribution in [2.45, 2.75) is 44.9 Å². The van der Waals surface area contributed by atoms with Crippen molar-refractivity contribution in [3.8, 4) is 0 Å². The van der Waals surface area contributed by atoms with Gasteiger partial charge in [-0.3, -0.25) is 9.59 Å². The number of nitrogens with zero attached hydrogens (tertiary/aromatic N) is 1. The van der Waals surface area contributed by atoms with Crippen molar-refractivity contribution in [2.75, 3.05) is 18.8 Å². The Morgan fingerprint density at radius 1 is 1.39 bits per heavy atom. The van der Waals surface area contributed by atoms with Crippen molar-refractivity contribution in [3.05, 3.63) is 0 Å². The van der Waals surface area contributed by atoms with Crippen LogP contribution in [0.4, 0.5) is 0 Å². The van der Waals surface area contributed by atoms with Gasteiger partial charge in [0, 0.05) is 11.8 Å². The summed E-state index contributed by atoms with van der Waals surface area (Å²) in [6, 6.07) is -0.384. The smallest absolute Gasteiger partial charge is 0.246 e. The molecule has 2 heterocycles. The van der Waals surface area contributed by atoms with Gasteiger partial charge in [-0.15, -0.1) is 0 Å². The molecule has 2 rings (SSSR count). The molecule has 0 aromatic carbocycles. The van der Waals surface area contributed by atoms with Crippen LogP contribution in [0.15, 0.2) is 0 Å². The molecule has 1 N–H and O–H groups in total. The highest BCUT2D eigenvalue weighted by atomic mass is 32.2. The summed E-state index contributed by atoms with van der Waals surface area (Å²) < 4.78 is 0. The third-order valence-corrected chi connectivity index (χ3v) is 4.89. The normalized spacial score (nSPS) is 29.6. The predicted octanol–water partition coefficient (Wildman–Crippen LogP) is 1.26. The predicted molar refractivity (Wildman–Crippen MR) is 73.4 cm³/mol. The molecule has 0 aromatic rings. The van der Waals surface area contributed by atoms with Crippen molar-refractivity contribution < 1.29 is 9.59 Å². The molecule has 102 valence electrons. The molecule has 2 atom stereocenters. The van der Waals surface area contributed by atoms with E-state index >= 15 is 0 Å². The third kappa shape index (κ3) is 2.99. The molecule has 18 heavy (non-hydrogen) atoms. The zero-order valence-corrected chi connectivity index (χ0v) is 12.2. The SMILES string of the molecule is CC(C)(C)C1NC(=O)CN(CC2CCCS2)C1=O. The van der Waals surface area contributed by atoms with Crippen molar-refractivity contribution in [2.24, 2.45) is 5.41 Å². The summed E-state index contributed by atoms with van der Waals surface area (Å²) in [7, 11) is 0. The molecule has 2 unspecified atom stereocenters. The second kappa shape index (κ2) is 5.11. The number of amides is 2. The van der Waals surface area contributed by atoms with E-state index < -0.39 is 0 Å². The molecule has 2 saturated heterocycles. The number of hydrogen-bond donors (Lipinski definition) is 1. The van der Waals surface area contributed by atoms with Gasteiger partial charge < -0.3 is 10.2 Å². The second-order valence-electron chi connectivity index (χ2n) is 6.22. The summed E-state index contributed by atoms with van der Waals surface area (Å²) in [5, 5.41) is 3.34. The minimum atomic E-state index is -0.384. The Hall–Kier alpha value is -0.710. The summed E-state index contributed by atoms with van der Waals surface area (Å²) in [6.45, 7) is 6.92. The molecule has 0 spiro atoms. The molecule has 0 radical (unpaired) electrons. The van der Waals surface area contributed by atoms with Crippen LogP contribution in [0.25, 0.3) is 0 Å². The molecule has 2 aliphatic rings. The van der Waals surface area contributed by atoms with Crippen LogP contribution in [0.3, 0.4) is 0 Å². The lowest BCUT2D eigenvalue weighted by Gasteiger charge is -2.39. The van der Waals surface area contributed by atoms with Crippen molar-refractivity contribution in [1.82, 2.24) is 10.2 Å². The summed E-state index contributed by atoms with van der Waals surface area (Å²) in [4.78, 5) is 25.9. The van der Waals surface area contributed by atoms with Crippen LogP contribution in [-0.2, 0) is 9.59 Å². The molecule has 0 aliphatic carbocycles. The first-order valence-corrected chi connectivity index (χ1v) is 7.62. The van der Waals surface area contributed by atoms with Gasteiger partial charge in [0.2, 0.25) is 11.8 Å². The first-order chi connectivity index (χ1) is 8.38. The number of piperazine rings is 1. The monoisotopic (exact) mass is 270 g/mol. The molecule has 5 heteroatoms. The lowest BCUT2D eigenvalue weighted by atomic mass is 9.84. The van der Waals surface area contributed by atoms with Gasteiger partial charge in [-0.25, -0.2) is 0 Å². The van der Waals surface area contributed by atoms with Crippen LogP contribution in [0.2, 0.25) is 0 Å². The van der Waals surface area contributed by atoms with Gasteiger partial charge in [0.1, 0.15) is 6.04 Å². The first kappa shape index (κ1) is 13.7. The van der Waals surface area contributed by atoms with Crippen LogP contribution in [0.5, 0.6) is 0 Å². The summed E-state index contributed by atoms with van der Waals surface area (Å²) in [6.07, 6.45) is 2.39. The largest absolute Gasteiger partial charge is 0.342 e. The van der Waals surface area contributed by atoms with Gasteiger partial charge in [-0.05, 0) is 24.0 Å². The molecule has 2 amide bonds. The van der Waals surface area contributed by atoms with Crippen molar-refractivity contribution >= 4 is 23.6 Å². The van der Waals surface area contributed by atoms with Crippen LogP contribution < -0.4 is 5.32 Å². The number of thioether (sulfide) groups is 1.